The fourth-order valence-electron chi connectivity index (χ4n) is 8.34. The van der Waals surface area contributed by atoms with Crippen LogP contribution >= 0.6 is 0 Å². The second kappa shape index (κ2) is 12.6. The molecule has 3 nitrogen and oxygen atoms in total. The third-order valence-electron chi connectivity index (χ3n) is 10.9. The molecule has 0 bridgehead atoms. The topological polar surface area (TPSA) is 29.5 Å². The normalized spacial score (nSPS) is 11.6. The third-order valence-corrected chi connectivity index (χ3v) is 10.9. The van der Waals surface area contributed by atoms with Crippen LogP contribution in [0.5, 0.6) is 0 Å². The van der Waals surface area contributed by atoms with Crippen molar-refractivity contribution in [3.8, 4) is 33.4 Å². The molecule has 11 aromatic rings. The lowest BCUT2D eigenvalue weighted by Gasteiger charge is -2.27. The van der Waals surface area contributed by atoms with Crippen molar-refractivity contribution in [2.24, 2.45) is 0 Å². The molecule has 0 spiro atoms. The van der Waals surface area contributed by atoms with Crippen molar-refractivity contribution < 1.29 is 8.83 Å². The molecule has 11 rings (SSSR count). The van der Waals surface area contributed by atoms with Crippen LogP contribution in [0.25, 0.3) is 88.0 Å². The molecule has 0 radical (unpaired) electrons. The van der Waals surface area contributed by atoms with E-state index in [-0.39, 0.29) is 0 Å². The summed E-state index contributed by atoms with van der Waals surface area (Å²) < 4.78 is 13.2. The number of para-hydroxylation sites is 2. The molecule has 0 N–H and O–H groups in total. The fourth-order valence-corrected chi connectivity index (χ4v) is 8.34. The van der Waals surface area contributed by atoms with E-state index in [1.54, 1.807) is 0 Å². The maximum atomic E-state index is 6.73. The van der Waals surface area contributed by atoms with E-state index in [0.29, 0.717) is 0 Å². The first kappa shape index (κ1) is 31.2. The van der Waals surface area contributed by atoms with E-state index in [2.05, 4.69) is 181 Å². The molecule has 0 saturated carbocycles. The highest BCUT2D eigenvalue weighted by Crippen LogP contribution is 2.47. The van der Waals surface area contributed by atoms with Gasteiger partial charge in [0.1, 0.15) is 22.3 Å². The van der Waals surface area contributed by atoms with Crippen molar-refractivity contribution in [3.63, 3.8) is 0 Å². The smallest absolute Gasteiger partial charge is 0.145 e. The molecular weight excluding hydrogens is 671 g/mol. The summed E-state index contributed by atoms with van der Waals surface area (Å²) in [7, 11) is 0. The van der Waals surface area contributed by atoms with Gasteiger partial charge in [0.05, 0.1) is 11.1 Å². The van der Waals surface area contributed by atoms with Gasteiger partial charge >= 0.3 is 0 Å². The zero-order valence-corrected chi connectivity index (χ0v) is 29.8. The van der Waals surface area contributed by atoms with Gasteiger partial charge in [-0.3, -0.25) is 0 Å². The number of anilines is 3. The molecule has 258 valence electrons. The third kappa shape index (κ3) is 5.13. The summed E-state index contributed by atoms with van der Waals surface area (Å²) in [6, 6.07) is 70.9. The van der Waals surface area contributed by atoms with E-state index >= 15 is 0 Å². The van der Waals surface area contributed by atoms with Gasteiger partial charge in [-0.1, -0.05) is 146 Å². The number of nitrogens with zero attached hydrogens (tertiary/aromatic N) is 1. The summed E-state index contributed by atoms with van der Waals surface area (Å²) >= 11 is 0. The van der Waals surface area contributed by atoms with Crippen molar-refractivity contribution in [2.75, 3.05) is 4.90 Å². The predicted molar refractivity (Wildman–Crippen MR) is 229 cm³/mol. The van der Waals surface area contributed by atoms with Crippen LogP contribution in [0, 0.1) is 0 Å². The van der Waals surface area contributed by atoms with Crippen molar-refractivity contribution in [1.29, 1.82) is 0 Å². The Bertz CT molecular complexity index is 3190. The van der Waals surface area contributed by atoms with Crippen LogP contribution in [0.2, 0.25) is 0 Å². The highest BCUT2D eigenvalue weighted by atomic mass is 16.3. The quantitative estimate of drug-likeness (QED) is 0.173. The predicted octanol–water partition coefficient (Wildman–Crippen LogP) is 15.1. The first-order valence-corrected chi connectivity index (χ1v) is 18.7. The number of rotatable bonds is 6. The second-order valence-electron chi connectivity index (χ2n) is 14.0. The number of fused-ring (bicyclic) bond motifs is 7. The monoisotopic (exact) mass is 703 g/mol. The maximum absolute atomic E-state index is 6.73. The van der Waals surface area contributed by atoms with E-state index in [1.165, 1.54) is 27.5 Å². The Morgan fingerprint density at radius 1 is 0.345 bits per heavy atom. The van der Waals surface area contributed by atoms with Gasteiger partial charge in [-0.15, -0.1) is 0 Å². The molecule has 0 aliphatic heterocycles. The summed E-state index contributed by atoms with van der Waals surface area (Å²) in [6.07, 6.45) is 0. The molecule has 0 fully saturated rings. The summed E-state index contributed by atoms with van der Waals surface area (Å²) in [5, 5.41) is 6.80. The lowest BCUT2D eigenvalue weighted by Crippen LogP contribution is -2.10. The van der Waals surface area contributed by atoms with Gasteiger partial charge < -0.3 is 13.7 Å². The highest BCUT2D eigenvalue weighted by Gasteiger charge is 2.23. The molecule has 0 amide bonds. The summed E-state index contributed by atoms with van der Waals surface area (Å²) in [4.78, 5) is 2.34. The van der Waals surface area contributed by atoms with E-state index in [1.807, 2.05) is 24.3 Å². The average molecular weight is 704 g/mol. The SMILES string of the molecule is c1ccc(-c2c(-c3ccc(N(c4ccc5c(c4)oc4ccccc45)c4ccc(-c5ccccc5)c5oc6ccccc6c45)cc3)ccc3ccccc23)cc1. The van der Waals surface area contributed by atoms with E-state index in [4.69, 9.17) is 8.83 Å². The first-order valence-electron chi connectivity index (χ1n) is 18.7. The number of benzene rings is 9. The minimum Gasteiger partial charge on any atom is -0.456 e. The minimum absolute atomic E-state index is 0.846. The molecule has 0 aliphatic rings. The van der Waals surface area contributed by atoms with Crippen LogP contribution in [-0.2, 0) is 0 Å². The number of furan rings is 2. The number of hydrogen-bond acceptors (Lipinski definition) is 3. The fraction of sp³-hybridized carbons (Fsp3) is 0. The lowest BCUT2D eigenvalue weighted by atomic mass is 9.90. The Hall–Kier alpha value is -7.36. The van der Waals surface area contributed by atoms with Gasteiger partial charge in [0.25, 0.3) is 0 Å². The second-order valence-corrected chi connectivity index (χ2v) is 14.0. The van der Waals surface area contributed by atoms with E-state index in [0.717, 1.165) is 77.6 Å². The summed E-state index contributed by atoms with van der Waals surface area (Å²) in [6.45, 7) is 0. The van der Waals surface area contributed by atoms with Gasteiger partial charge in [0.2, 0.25) is 0 Å². The van der Waals surface area contributed by atoms with E-state index < -0.39 is 0 Å². The first-order chi connectivity index (χ1) is 27.3. The van der Waals surface area contributed by atoms with Crippen LogP contribution in [0.1, 0.15) is 0 Å². The highest BCUT2D eigenvalue weighted by molar-refractivity contribution is 6.17. The Labute approximate surface area is 317 Å². The Balaban J connectivity index is 1.14. The molecule has 9 aromatic carbocycles. The van der Waals surface area contributed by atoms with Crippen LogP contribution < -0.4 is 4.90 Å². The van der Waals surface area contributed by atoms with Crippen LogP contribution in [-0.4, -0.2) is 0 Å². The molecular formula is C52H33NO2. The summed E-state index contributed by atoms with van der Waals surface area (Å²) in [5.74, 6) is 0. The molecule has 3 heteroatoms. The number of hydrogen-bond donors (Lipinski definition) is 0. The molecule has 0 saturated heterocycles. The molecule has 2 aromatic heterocycles. The molecule has 55 heavy (non-hydrogen) atoms. The van der Waals surface area contributed by atoms with Crippen LogP contribution in [0.3, 0.4) is 0 Å². The molecule has 0 unspecified atom stereocenters. The zero-order valence-electron chi connectivity index (χ0n) is 29.8. The van der Waals surface area contributed by atoms with Crippen LogP contribution in [0.15, 0.2) is 209 Å². The van der Waals surface area contributed by atoms with Crippen molar-refractivity contribution in [3.05, 3.63) is 200 Å². The molecule has 0 atom stereocenters. The van der Waals surface area contributed by atoms with Gasteiger partial charge in [0.15, 0.2) is 0 Å². The Kier molecular flexibility index (Phi) is 7.17. The lowest BCUT2D eigenvalue weighted by molar-refractivity contribution is 0.669. The van der Waals surface area contributed by atoms with Crippen molar-refractivity contribution >= 4 is 71.7 Å². The Morgan fingerprint density at radius 2 is 0.927 bits per heavy atom. The standard InChI is InChI=1S/C52H33NO2/c1-3-13-34(14-4-1)42-31-32-46(51-45-20-10-12-22-48(45)55-52(42)51)53(39-28-30-44-43-19-9-11-21-47(43)54-49(44)33-39)38-26-23-36(24-27-38)41-29-25-35-15-7-8-18-40(35)50(41)37-16-5-2-6-17-37/h1-33H. The zero-order chi connectivity index (χ0) is 36.3. The van der Waals surface area contributed by atoms with Gasteiger partial charge in [-0.2, -0.15) is 0 Å². The molecule has 0 aliphatic carbocycles. The van der Waals surface area contributed by atoms with E-state index in [9.17, 15) is 0 Å². The van der Waals surface area contributed by atoms with Gasteiger partial charge in [-0.05, 0) is 87.1 Å². The van der Waals surface area contributed by atoms with Gasteiger partial charge in [0, 0.05) is 39.2 Å². The largest absolute Gasteiger partial charge is 0.456 e. The maximum Gasteiger partial charge on any atom is 0.145 e. The molecule has 2 heterocycles. The van der Waals surface area contributed by atoms with Crippen molar-refractivity contribution in [1.82, 2.24) is 0 Å². The average Bonchev–Trinajstić information content (AvgIpc) is 3.83. The summed E-state index contributed by atoms with van der Waals surface area (Å²) in [5.41, 5.74) is 13.5. The van der Waals surface area contributed by atoms with Crippen molar-refractivity contribution in [2.45, 2.75) is 0 Å². The Morgan fingerprint density at radius 3 is 1.71 bits per heavy atom. The minimum atomic E-state index is 0.846. The van der Waals surface area contributed by atoms with Crippen LogP contribution in [0.4, 0.5) is 17.1 Å². The van der Waals surface area contributed by atoms with Gasteiger partial charge in [-0.25, -0.2) is 0 Å².